The Labute approximate surface area is 128 Å². The van der Waals surface area contributed by atoms with Gasteiger partial charge in [-0.25, -0.2) is 0 Å². The molecule has 1 atom stereocenters. The van der Waals surface area contributed by atoms with Crippen LogP contribution in [0.2, 0.25) is 0 Å². The summed E-state index contributed by atoms with van der Waals surface area (Å²) in [5, 5.41) is 18.1. The molecule has 2 N–H and O–H groups in total. The smallest absolute Gasteiger partial charge is 0.0762 e. The molecule has 1 aliphatic carbocycles. The number of nitrogens with zero attached hydrogens (tertiary/aromatic N) is 2. The molecule has 1 saturated carbocycles. The molecule has 0 aliphatic heterocycles. The molecule has 4 heteroatoms. The first-order valence-corrected chi connectivity index (χ1v) is 8.67. The highest BCUT2D eigenvalue weighted by atomic mass is 16.3. The van der Waals surface area contributed by atoms with Gasteiger partial charge in [0.2, 0.25) is 0 Å². The van der Waals surface area contributed by atoms with E-state index in [1.807, 2.05) is 0 Å². The van der Waals surface area contributed by atoms with E-state index in [1.165, 1.54) is 32.1 Å². The minimum atomic E-state index is -0.250. The third-order valence-electron chi connectivity index (χ3n) is 4.86. The minimum absolute atomic E-state index is 0.250. The molecule has 2 rings (SSSR count). The van der Waals surface area contributed by atoms with Gasteiger partial charge in [-0.1, -0.05) is 46.0 Å². The summed E-state index contributed by atoms with van der Waals surface area (Å²) in [6, 6.07) is 2.70. The number of hydrogen-bond acceptors (Lipinski definition) is 3. The molecule has 120 valence electrons. The fourth-order valence-corrected chi connectivity index (χ4v) is 3.37. The van der Waals surface area contributed by atoms with E-state index < -0.39 is 0 Å². The van der Waals surface area contributed by atoms with Crippen LogP contribution < -0.4 is 5.32 Å². The number of aliphatic hydroxyl groups excluding tert-OH is 1. The van der Waals surface area contributed by atoms with Gasteiger partial charge in [0.1, 0.15) is 0 Å². The van der Waals surface area contributed by atoms with Crippen LogP contribution in [0, 0.1) is 5.92 Å². The lowest BCUT2D eigenvalue weighted by Gasteiger charge is -2.22. The van der Waals surface area contributed by atoms with Gasteiger partial charge in [-0.3, -0.25) is 4.68 Å². The van der Waals surface area contributed by atoms with Crippen molar-refractivity contribution in [3.8, 4) is 0 Å². The first-order valence-electron chi connectivity index (χ1n) is 8.67. The van der Waals surface area contributed by atoms with Gasteiger partial charge >= 0.3 is 0 Å². The second kappa shape index (κ2) is 8.54. The first-order chi connectivity index (χ1) is 10.2. The van der Waals surface area contributed by atoms with Crippen molar-refractivity contribution in [3.63, 3.8) is 0 Å². The predicted octanol–water partition coefficient (Wildman–Crippen LogP) is 3.28. The van der Waals surface area contributed by atoms with Crippen molar-refractivity contribution in [2.75, 3.05) is 6.54 Å². The lowest BCUT2D eigenvalue weighted by molar-refractivity contribution is 0.101. The summed E-state index contributed by atoms with van der Waals surface area (Å²) in [7, 11) is 0. The van der Waals surface area contributed by atoms with Crippen LogP contribution in [-0.2, 0) is 6.54 Å². The summed E-state index contributed by atoms with van der Waals surface area (Å²) in [5.74, 6) is 0.400. The normalized spacial score (nSPS) is 18.3. The van der Waals surface area contributed by atoms with Gasteiger partial charge in [0, 0.05) is 19.3 Å². The predicted molar refractivity (Wildman–Crippen MR) is 86.1 cm³/mol. The van der Waals surface area contributed by atoms with Crippen LogP contribution in [0.1, 0.15) is 70.5 Å². The molecule has 1 heterocycles. The van der Waals surface area contributed by atoms with E-state index in [0.29, 0.717) is 18.5 Å². The van der Waals surface area contributed by atoms with Crippen molar-refractivity contribution < 1.29 is 5.11 Å². The zero-order valence-electron chi connectivity index (χ0n) is 13.6. The van der Waals surface area contributed by atoms with Gasteiger partial charge in [0.25, 0.3) is 0 Å². The molecule has 1 aliphatic rings. The lowest BCUT2D eigenvalue weighted by atomic mass is 9.96. The molecule has 0 radical (unpaired) electrons. The maximum Gasteiger partial charge on any atom is 0.0762 e. The highest BCUT2D eigenvalue weighted by Gasteiger charge is 2.17. The Bertz CT molecular complexity index is 394. The molecular formula is C17H31N3O. The average Bonchev–Trinajstić information content (AvgIpc) is 2.98. The van der Waals surface area contributed by atoms with Crippen LogP contribution in [0.4, 0.5) is 0 Å². The third-order valence-corrected chi connectivity index (χ3v) is 4.86. The summed E-state index contributed by atoms with van der Waals surface area (Å²) in [5.41, 5.74) is 1.08. The van der Waals surface area contributed by atoms with E-state index in [9.17, 15) is 5.11 Å². The summed E-state index contributed by atoms with van der Waals surface area (Å²) in [6.07, 6.45) is 10.5. The molecule has 0 saturated heterocycles. The molecule has 0 bridgehead atoms. The van der Waals surface area contributed by atoms with Crippen LogP contribution in [-0.4, -0.2) is 27.5 Å². The zero-order valence-corrected chi connectivity index (χ0v) is 13.6. The number of aliphatic hydroxyl groups is 1. The standard InChI is InChI=1S/C17H31N3O/c1-3-14(4-2)17(21)13-18-12-15-10-11-20(19-15)16-8-6-5-7-9-16/h10-11,14,16-18,21H,3-9,12-13H2,1-2H3. The summed E-state index contributed by atoms with van der Waals surface area (Å²) < 4.78 is 2.15. The molecule has 1 fully saturated rings. The summed E-state index contributed by atoms with van der Waals surface area (Å²) in [4.78, 5) is 0. The van der Waals surface area contributed by atoms with E-state index >= 15 is 0 Å². The van der Waals surface area contributed by atoms with E-state index in [4.69, 9.17) is 0 Å². The highest BCUT2D eigenvalue weighted by molar-refractivity contribution is 4.99. The van der Waals surface area contributed by atoms with Crippen LogP contribution in [0.15, 0.2) is 12.3 Å². The Balaban J connectivity index is 1.75. The Morgan fingerprint density at radius 1 is 1.29 bits per heavy atom. The van der Waals surface area contributed by atoms with Crippen molar-refractivity contribution >= 4 is 0 Å². The van der Waals surface area contributed by atoms with Gasteiger partial charge < -0.3 is 10.4 Å². The quantitative estimate of drug-likeness (QED) is 0.773. The molecule has 0 spiro atoms. The maximum absolute atomic E-state index is 10.1. The molecule has 1 unspecified atom stereocenters. The van der Waals surface area contributed by atoms with Crippen LogP contribution in [0.3, 0.4) is 0 Å². The molecule has 0 amide bonds. The van der Waals surface area contributed by atoms with Crippen LogP contribution >= 0.6 is 0 Å². The van der Waals surface area contributed by atoms with Crippen molar-refractivity contribution in [1.82, 2.24) is 15.1 Å². The van der Waals surface area contributed by atoms with Crippen molar-refractivity contribution in [2.24, 2.45) is 5.92 Å². The minimum Gasteiger partial charge on any atom is -0.392 e. The maximum atomic E-state index is 10.1. The summed E-state index contributed by atoms with van der Waals surface area (Å²) >= 11 is 0. The van der Waals surface area contributed by atoms with Crippen LogP contribution in [0.25, 0.3) is 0 Å². The molecule has 1 aromatic rings. The Morgan fingerprint density at radius 3 is 2.67 bits per heavy atom. The average molecular weight is 293 g/mol. The largest absolute Gasteiger partial charge is 0.392 e. The van der Waals surface area contributed by atoms with Gasteiger partial charge in [-0.05, 0) is 24.8 Å². The van der Waals surface area contributed by atoms with Crippen molar-refractivity contribution in [1.29, 1.82) is 0 Å². The van der Waals surface area contributed by atoms with Crippen molar-refractivity contribution in [2.45, 2.75) is 77.5 Å². The number of nitrogens with one attached hydrogen (secondary N) is 1. The number of aromatic nitrogens is 2. The fraction of sp³-hybridized carbons (Fsp3) is 0.824. The molecule has 0 aromatic carbocycles. The van der Waals surface area contributed by atoms with E-state index in [1.54, 1.807) is 0 Å². The Hall–Kier alpha value is -0.870. The first kappa shape index (κ1) is 16.5. The second-order valence-corrected chi connectivity index (χ2v) is 6.35. The monoisotopic (exact) mass is 293 g/mol. The molecule has 4 nitrogen and oxygen atoms in total. The van der Waals surface area contributed by atoms with E-state index in [2.05, 4.69) is 41.2 Å². The van der Waals surface area contributed by atoms with E-state index in [-0.39, 0.29) is 6.10 Å². The Morgan fingerprint density at radius 2 is 2.00 bits per heavy atom. The van der Waals surface area contributed by atoms with Gasteiger partial charge in [0.05, 0.1) is 17.8 Å². The number of hydrogen-bond donors (Lipinski definition) is 2. The Kier molecular flexibility index (Phi) is 6.71. The van der Waals surface area contributed by atoms with Gasteiger partial charge in [0.15, 0.2) is 0 Å². The fourth-order valence-electron chi connectivity index (χ4n) is 3.37. The zero-order chi connectivity index (χ0) is 15.1. The molecular weight excluding hydrogens is 262 g/mol. The molecule has 1 aromatic heterocycles. The number of rotatable bonds is 8. The van der Waals surface area contributed by atoms with E-state index in [0.717, 1.165) is 25.1 Å². The van der Waals surface area contributed by atoms with Crippen molar-refractivity contribution in [3.05, 3.63) is 18.0 Å². The molecule has 21 heavy (non-hydrogen) atoms. The van der Waals surface area contributed by atoms with Gasteiger partial charge in [-0.15, -0.1) is 0 Å². The van der Waals surface area contributed by atoms with Crippen LogP contribution in [0.5, 0.6) is 0 Å². The summed E-state index contributed by atoms with van der Waals surface area (Å²) in [6.45, 7) is 5.69. The SMILES string of the molecule is CCC(CC)C(O)CNCc1ccn(C2CCCCC2)n1. The lowest BCUT2D eigenvalue weighted by Crippen LogP contribution is -2.32. The third kappa shape index (κ3) is 4.82. The topological polar surface area (TPSA) is 50.1 Å². The highest BCUT2D eigenvalue weighted by Crippen LogP contribution is 2.27. The second-order valence-electron chi connectivity index (χ2n) is 6.35. The van der Waals surface area contributed by atoms with Gasteiger partial charge in [-0.2, -0.15) is 5.10 Å².